The predicted octanol–water partition coefficient (Wildman–Crippen LogP) is 5.97. The van der Waals surface area contributed by atoms with Gasteiger partial charge in [0.05, 0.1) is 16.6 Å². The lowest BCUT2D eigenvalue weighted by molar-refractivity contribution is 0.743. The Morgan fingerprint density at radius 1 is 0.929 bits per heavy atom. The zero-order valence-corrected chi connectivity index (χ0v) is 17.7. The largest absolute Gasteiger partial charge is 0.384 e. The number of anilines is 1. The van der Waals surface area contributed by atoms with E-state index in [2.05, 4.69) is 19.2 Å². The van der Waals surface area contributed by atoms with Crippen molar-refractivity contribution in [3.05, 3.63) is 64.7 Å². The van der Waals surface area contributed by atoms with E-state index in [0.717, 1.165) is 48.5 Å². The highest BCUT2D eigenvalue weighted by molar-refractivity contribution is 5.90. The van der Waals surface area contributed by atoms with Crippen molar-refractivity contribution < 1.29 is 0 Å². The summed E-state index contributed by atoms with van der Waals surface area (Å²) in [5, 5.41) is 4.11. The van der Waals surface area contributed by atoms with E-state index in [4.69, 9.17) is 4.98 Å². The van der Waals surface area contributed by atoms with Crippen molar-refractivity contribution in [1.29, 1.82) is 0 Å². The molecule has 28 heavy (non-hydrogen) atoms. The number of aromatic nitrogens is 2. The Morgan fingerprint density at radius 2 is 1.68 bits per heavy atom. The lowest BCUT2D eigenvalue weighted by Crippen LogP contribution is -2.24. The van der Waals surface area contributed by atoms with Crippen LogP contribution in [0.15, 0.2) is 53.3 Å². The summed E-state index contributed by atoms with van der Waals surface area (Å²) in [5.74, 6) is 0.819. The molecule has 0 radical (unpaired) electrons. The van der Waals surface area contributed by atoms with Gasteiger partial charge in [-0.25, -0.2) is 4.98 Å². The molecule has 1 aromatic heterocycles. The summed E-state index contributed by atoms with van der Waals surface area (Å²) in [6, 6.07) is 15.7. The Hall–Kier alpha value is -2.62. The van der Waals surface area contributed by atoms with Gasteiger partial charge in [0.1, 0.15) is 5.82 Å². The third kappa shape index (κ3) is 5.00. The molecule has 0 aliphatic carbocycles. The molecule has 0 saturated heterocycles. The molecule has 3 aromatic rings. The van der Waals surface area contributed by atoms with Gasteiger partial charge in [-0.1, -0.05) is 64.8 Å². The van der Waals surface area contributed by atoms with Crippen molar-refractivity contribution in [2.24, 2.45) is 0 Å². The number of benzene rings is 2. The maximum absolute atomic E-state index is 13.4. The molecule has 2 aromatic carbocycles. The maximum atomic E-state index is 13.4. The molecular formula is C24H33N3O. The minimum atomic E-state index is 0.00300. The summed E-state index contributed by atoms with van der Waals surface area (Å²) in [7, 11) is 0. The van der Waals surface area contributed by atoms with E-state index in [0.29, 0.717) is 5.39 Å². The van der Waals surface area contributed by atoms with Gasteiger partial charge < -0.3 is 5.32 Å². The summed E-state index contributed by atoms with van der Waals surface area (Å²) in [4.78, 5) is 18.2. The fourth-order valence-corrected chi connectivity index (χ4v) is 3.26. The van der Waals surface area contributed by atoms with Gasteiger partial charge in [-0.3, -0.25) is 9.36 Å². The van der Waals surface area contributed by atoms with Gasteiger partial charge in [-0.15, -0.1) is 0 Å². The molecule has 1 N–H and O–H groups in total. The minimum Gasteiger partial charge on any atom is -0.384 e. The van der Waals surface area contributed by atoms with Gasteiger partial charge in [-0.2, -0.15) is 0 Å². The molecule has 1 heterocycles. The summed E-state index contributed by atoms with van der Waals surface area (Å²) in [6.07, 6.45) is 5.18. The van der Waals surface area contributed by atoms with Crippen molar-refractivity contribution >= 4 is 16.6 Å². The monoisotopic (exact) mass is 379 g/mol. The number of nitrogens with one attached hydrogen (secondary N) is 1. The standard InChI is InChI=1S/C22H27N3O.C2H6/c1-3-5-9-16-23-18-14-10-15-19-21(18)22(26)25(20(24-19)11-4-2)17-12-7-6-8-13-17;1-2/h6-8,10,12-15,23H,3-5,9,11,16H2,1-2H3;1-2H3. The molecular weight excluding hydrogens is 346 g/mol. The fraction of sp³-hybridized carbons (Fsp3) is 0.417. The van der Waals surface area contributed by atoms with Crippen LogP contribution in [-0.2, 0) is 6.42 Å². The first kappa shape index (κ1) is 21.7. The molecule has 0 spiro atoms. The normalized spacial score (nSPS) is 10.4. The second-order valence-corrected chi connectivity index (χ2v) is 6.59. The van der Waals surface area contributed by atoms with Crippen LogP contribution in [0.5, 0.6) is 0 Å². The van der Waals surface area contributed by atoms with Crippen LogP contribution >= 0.6 is 0 Å². The Labute approximate surface area is 168 Å². The van der Waals surface area contributed by atoms with E-state index in [1.54, 1.807) is 4.57 Å². The minimum absolute atomic E-state index is 0.00300. The molecule has 4 heteroatoms. The highest BCUT2D eigenvalue weighted by Crippen LogP contribution is 2.21. The number of unbranched alkanes of at least 4 members (excludes halogenated alkanes) is 2. The van der Waals surface area contributed by atoms with Crippen molar-refractivity contribution in [3.63, 3.8) is 0 Å². The number of rotatable bonds is 8. The van der Waals surface area contributed by atoms with Crippen LogP contribution in [0.2, 0.25) is 0 Å². The average molecular weight is 380 g/mol. The first-order valence-electron chi connectivity index (χ1n) is 10.6. The summed E-state index contributed by atoms with van der Waals surface area (Å²) in [5.41, 5.74) is 2.52. The van der Waals surface area contributed by atoms with Crippen LogP contribution in [0.1, 0.15) is 59.2 Å². The van der Waals surface area contributed by atoms with E-state index < -0.39 is 0 Å². The first-order chi connectivity index (χ1) is 13.8. The molecule has 0 amide bonds. The predicted molar refractivity (Wildman–Crippen MR) is 121 cm³/mol. The zero-order chi connectivity index (χ0) is 20.4. The van der Waals surface area contributed by atoms with E-state index in [1.807, 2.05) is 62.4 Å². The Morgan fingerprint density at radius 3 is 2.36 bits per heavy atom. The molecule has 0 saturated carbocycles. The molecule has 0 atom stereocenters. The zero-order valence-electron chi connectivity index (χ0n) is 17.7. The fourth-order valence-electron chi connectivity index (χ4n) is 3.26. The van der Waals surface area contributed by atoms with Gasteiger partial charge >= 0.3 is 0 Å². The number of hydrogen-bond acceptors (Lipinski definition) is 3. The highest BCUT2D eigenvalue weighted by Gasteiger charge is 2.14. The number of nitrogens with zero attached hydrogens (tertiary/aromatic N) is 2. The van der Waals surface area contributed by atoms with E-state index in [-0.39, 0.29) is 5.56 Å². The van der Waals surface area contributed by atoms with Gasteiger partial charge in [0.15, 0.2) is 0 Å². The first-order valence-corrected chi connectivity index (χ1v) is 10.6. The Balaban J connectivity index is 0.00000136. The summed E-state index contributed by atoms with van der Waals surface area (Å²) in [6.45, 7) is 9.17. The van der Waals surface area contributed by atoms with Gasteiger partial charge in [-0.05, 0) is 37.1 Å². The third-order valence-corrected chi connectivity index (χ3v) is 4.55. The molecule has 150 valence electrons. The van der Waals surface area contributed by atoms with Gasteiger partial charge in [0.25, 0.3) is 5.56 Å². The summed E-state index contributed by atoms with van der Waals surface area (Å²) < 4.78 is 1.77. The van der Waals surface area contributed by atoms with E-state index >= 15 is 0 Å². The molecule has 0 bridgehead atoms. The highest BCUT2D eigenvalue weighted by atomic mass is 16.1. The van der Waals surface area contributed by atoms with Crippen molar-refractivity contribution in [2.75, 3.05) is 11.9 Å². The quantitative estimate of drug-likeness (QED) is 0.491. The second-order valence-electron chi connectivity index (χ2n) is 6.59. The Bertz CT molecular complexity index is 916. The van der Waals surface area contributed by atoms with Crippen LogP contribution in [0, 0.1) is 0 Å². The molecule has 0 unspecified atom stereocenters. The van der Waals surface area contributed by atoms with E-state index in [9.17, 15) is 4.79 Å². The average Bonchev–Trinajstić information content (AvgIpc) is 2.73. The molecule has 4 nitrogen and oxygen atoms in total. The second kappa shape index (κ2) is 11.3. The number of para-hydroxylation sites is 1. The van der Waals surface area contributed by atoms with Crippen LogP contribution in [-0.4, -0.2) is 16.1 Å². The number of aryl methyl sites for hydroxylation is 1. The van der Waals surface area contributed by atoms with E-state index in [1.165, 1.54) is 12.8 Å². The van der Waals surface area contributed by atoms with Crippen molar-refractivity contribution in [2.45, 2.75) is 59.8 Å². The number of hydrogen-bond donors (Lipinski definition) is 1. The molecule has 0 fully saturated rings. The maximum Gasteiger partial charge on any atom is 0.268 e. The third-order valence-electron chi connectivity index (χ3n) is 4.55. The van der Waals surface area contributed by atoms with Crippen LogP contribution in [0.4, 0.5) is 5.69 Å². The smallest absolute Gasteiger partial charge is 0.268 e. The Kier molecular flexibility index (Phi) is 8.73. The van der Waals surface area contributed by atoms with Crippen LogP contribution in [0.3, 0.4) is 0 Å². The van der Waals surface area contributed by atoms with Crippen LogP contribution in [0.25, 0.3) is 16.6 Å². The van der Waals surface area contributed by atoms with Gasteiger partial charge in [0.2, 0.25) is 0 Å². The molecule has 0 aliphatic heterocycles. The number of fused-ring (bicyclic) bond motifs is 1. The van der Waals surface area contributed by atoms with Gasteiger partial charge in [0, 0.05) is 18.7 Å². The lowest BCUT2D eigenvalue weighted by atomic mass is 10.1. The lowest BCUT2D eigenvalue weighted by Gasteiger charge is -2.15. The van der Waals surface area contributed by atoms with Crippen LogP contribution < -0.4 is 10.9 Å². The topological polar surface area (TPSA) is 46.9 Å². The van der Waals surface area contributed by atoms with Crippen molar-refractivity contribution in [3.8, 4) is 5.69 Å². The molecule has 3 rings (SSSR count). The summed E-state index contributed by atoms with van der Waals surface area (Å²) >= 11 is 0. The SMILES string of the molecule is CC.CCCCCNc1cccc2nc(CCC)n(-c3ccccc3)c(=O)c12. The molecule has 0 aliphatic rings. The van der Waals surface area contributed by atoms with Crippen molar-refractivity contribution in [1.82, 2.24) is 9.55 Å².